The highest BCUT2D eigenvalue weighted by molar-refractivity contribution is 6.32. The van der Waals surface area contributed by atoms with E-state index in [1.807, 2.05) is 19.9 Å². The van der Waals surface area contributed by atoms with Crippen LogP contribution in [0.3, 0.4) is 0 Å². The summed E-state index contributed by atoms with van der Waals surface area (Å²) in [4.78, 5) is 26.9. The highest BCUT2D eigenvalue weighted by Gasteiger charge is 2.21. The van der Waals surface area contributed by atoms with E-state index in [2.05, 4.69) is 10.2 Å². The number of ether oxygens (including phenoxy) is 2. The zero-order valence-corrected chi connectivity index (χ0v) is 18.8. The van der Waals surface area contributed by atoms with Crippen molar-refractivity contribution < 1.29 is 19.1 Å². The molecule has 31 heavy (non-hydrogen) atoms. The number of anilines is 2. The van der Waals surface area contributed by atoms with E-state index >= 15 is 0 Å². The molecule has 0 unspecified atom stereocenters. The Balaban J connectivity index is 1.91. The van der Waals surface area contributed by atoms with Gasteiger partial charge in [-0.1, -0.05) is 25.4 Å². The summed E-state index contributed by atoms with van der Waals surface area (Å²) < 4.78 is 11.2. The third-order valence-electron chi connectivity index (χ3n) is 5.03. The predicted octanol–water partition coefficient (Wildman–Crippen LogP) is 4.33. The van der Waals surface area contributed by atoms with Crippen LogP contribution in [-0.2, 0) is 0 Å². The molecule has 1 saturated heterocycles. The molecule has 166 valence electrons. The molecule has 0 spiro atoms. The van der Waals surface area contributed by atoms with E-state index in [1.54, 1.807) is 24.3 Å². The number of carbonyl (C=O) groups excluding carboxylic acids is 2. The van der Waals surface area contributed by atoms with Crippen molar-refractivity contribution in [2.75, 3.05) is 37.0 Å². The number of hydrogen-bond donors (Lipinski definition) is 2. The Morgan fingerprint density at radius 1 is 1.16 bits per heavy atom. The third kappa shape index (κ3) is 5.41. The summed E-state index contributed by atoms with van der Waals surface area (Å²) in [6.07, 6.45) is 2.16. The summed E-state index contributed by atoms with van der Waals surface area (Å²) in [5.41, 5.74) is 7.46. The quantitative estimate of drug-likeness (QED) is 0.630. The number of primary amides is 1. The second kappa shape index (κ2) is 9.92. The Morgan fingerprint density at radius 3 is 2.48 bits per heavy atom. The summed E-state index contributed by atoms with van der Waals surface area (Å²) in [5.74, 6) is 0.162. The maximum absolute atomic E-state index is 13.1. The first-order valence-electron chi connectivity index (χ1n) is 10.3. The van der Waals surface area contributed by atoms with Gasteiger partial charge in [0, 0.05) is 24.2 Å². The van der Waals surface area contributed by atoms with Crippen molar-refractivity contribution in [2.45, 2.75) is 26.7 Å². The molecule has 0 atom stereocenters. The third-order valence-corrected chi connectivity index (χ3v) is 5.31. The van der Waals surface area contributed by atoms with Gasteiger partial charge in [0.25, 0.3) is 5.91 Å². The molecule has 7 nitrogen and oxygen atoms in total. The van der Waals surface area contributed by atoms with Gasteiger partial charge in [0.2, 0.25) is 5.91 Å². The van der Waals surface area contributed by atoms with Gasteiger partial charge in [0.15, 0.2) is 11.5 Å². The summed E-state index contributed by atoms with van der Waals surface area (Å²) in [6, 6.07) is 8.23. The smallest absolute Gasteiger partial charge is 0.255 e. The summed E-state index contributed by atoms with van der Waals surface area (Å²) in [6.45, 7) is 6.31. The van der Waals surface area contributed by atoms with Crippen LogP contribution in [0.1, 0.15) is 47.4 Å². The van der Waals surface area contributed by atoms with Crippen molar-refractivity contribution in [3.05, 3.63) is 46.5 Å². The molecule has 2 aromatic rings. The SMILES string of the molecule is COc1cc(C(=O)Nc2cc(C(N)=O)ccc2N2CCCC2)cc(Cl)c1OCC(C)C. The highest BCUT2D eigenvalue weighted by atomic mass is 35.5. The molecule has 0 bridgehead atoms. The maximum Gasteiger partial charge on any atom is 0.255 e. The minimum atomic E-state index is -0.556. The van der Waals surface area contributed by atoms with Crippen molar-refractivity contribution >= 4 is 34.8 Å². The number of nitrogens with zero attached hydrogens (tertiary/aromatic N) is 1. The van der Waals surface area contributed by atoms with Crippen molar-refractivity contribution in [1.82, 2.24) is 0 Å². The van der Waals surface area contributed by atoms with Crippen LogP contribution in [0.4, 0.5) is 11.4 Å². The average molecular weight is 446 g/mol. The van der Waals surface area contributed by atoms with E-state index in [0.717, 1.165) is 31.6 Å². The van der Waals surface area contributed by atoms with Gasteiger partial charge in [0.05, 0.1) is 30.1 Å². The Morgan fingerprint density at radius 2 is 1.87 bits per heavy atom. The fraction of sp³-hybridized carbons (Fsp3) is 0.391. The second-order valence-electron chi connectivity index (χ2n) is 7.94. The number of rotatable bonds is 8. The van der Waals surface area contributed by atoms with E-state index in [4.69, 9.17) is 26.8 Å². The molecule has 0 aliphatic carbocycles. The molecular formula is C23H28ClN3O4. The molecule has 3 rings (SSSR count). The van der Waals surface area contributed by atoms with Crippen LogP contribution < -0.4 is 25.4 Å². The molecule has 1 heterocycles. The van der Waals surface area contributed by atoms with Gasteiger partial charge in [-0.3, -0.25) is 9.59 Å². The number of amides is 2. The van der Waals surface area contributed by atoms with Crippen molar-refractivity contribution in [1.29, 1.82) is 0 Å². The normalized spacial score (nSPS) is 13.4. The number of methoxy groups -OCH3 is 1. The summed E-state index contributed by atoms with van der Waals surface area (Å²) >= 11 is 6.39. The van der Waals surface area contributed by atoms with Gasteiger partial charge in [-0.05, 0) is 49.1 Å². The molecule has 3 N–H and O–H groups in total. The van der Waals surface area contributed by atoms with Crippen LogP contribution in [0.2, 0.25) is 5.02 Å². The van der Waals surface area contributed by atoms with Crippen LogP contribution in [-0.4, -0.2) is 38.6 Å². The number of halogens is 1. The van der Waals surface area contributed by atoms with Crippen molar-refractivity contribution in [3.63, 3.8) is 0 Å². The maximum atomic E-state index is 13.1. The van der Waals surface area contributed by atoms with E-state index < -0.39 is 5.91 Å². The largest absolute Gasteiger partial charge is 0.493 e. The molecule has 0 radical (unpaired) electrons. The average Bonchev–Trinajstić information content (AvgIpc) is 3.26. The van der Waals surface area contributed by atoms with Crippen LogP contribution in [0.15, 0.2) is 30.3 Å². The van der Waals surface area contributed by atoms with Gasteiger partial charge in [-0.15, -0.1) is 0 Å². The number of carbonyl (C=O) groups is 2. The van der Waals surface area contributed by atoms with E-state index in [1.165, 1.54) is 7.11 Å². The van der Waals surface area contributed by atoms with Crippen molar-refractivity contribution in [2.24, 2.45) is 11.7 Å². The molecule has 1 aliphatic heterocycles. The zero-order chi connectivity index (χ0) is 22.5. The van der Waals surface area contributed by atoms with E-state index in [-0.39, 0.29) is 10.9 Å². The van der Waals surface area contributed by atoms with Crippen LogP contribution in [0.5, 0.6) is 11.5 Å². The summed E-state index contributed by atoms with van der Waals surface area (Å²) in [7, 11) is 1.50. The predicted molar refractivity (Wildman–Crippen MR) is 123 cm³/mol. The lowest BCUT2D eigenvalue weighted by atomic mass is 10.1. The first kappa shape index (κ1) is 22.7. The molecule has 1 fully saturated rings. The van der Waals surface area contributed by atoms with Gasteiger partial charge in [-0.25, -0.2) is 0 Å². The fourth-order valence-electron chi connectivity index (χ4n) is 3.46. The monoisotopic (exact) mass is 445 g/mol. The molecule has 1 aliphatic rings. The van der Waals surface area contributed by atoms with Crippen LogP contribution in [0.25, 0.3) is 0 Å². The standard InChI is InChI=1S/C23H28ClN3O4/c1-14(2)13-31-21-17(24)10-16(12-20(21)30-3)23(29)26-18-11-15(22(25)28)6-7-19(18)27-8-4-5-9-27/h6-7,10-12,14H,4-5,8-9,13H2,1-3H3,(H2,25,28)(H,26,29). The highest BCUT2D eigenvalue weighted by Crippen LogP contribution is 2.37. The Kier molecular flexibility index (Phi) is 7.28. The summed E-state index contributed by atoms with van der Waals surface area (Å²) in [5, 5.41) is 3.19. The lowest BCUT2D eigenvalue weighted by molar-refractivity contribution is 0.0996. The lowest BCUT2D eigenvalue weighted by Gasteiger charge is -2.22. The Bertz CT molecular complexity index is 972. The number of nitrogens with one attached hydrogen (secondary N) is 1. The van der Waals surface area contributed by atoms with Gasteiger partial charge in [-0.2, -0.15) is 0 Å². The first-order chi connectivity index (χ1) is 14.8. The minimum absolute atomic E-state index is 0.288. The van der Waals surface area contributed by atoms with E-state index in [9.17, 15) is 9.59 Å². The fourth-order valence-corrected chi connectivity index (χ4v) is 3.72. The molecule has 2 aromatic carbocycles. The van der Waals surface area contributed by atoms with Gasteiger partial charge < -0.3 is 25.4 Å². The zero-order valence-electron chi connectivity index (χ0n) is 18.0. The van der Waals surface area contributed by atoms with Crippen LogP contribution in [0, 0.1) is 5.92 Å². The second-order valence-corrected chi connectivity index (χ2v) is 8.35. The molecule has 0 saturated carbocycles. The number of nitrogens with two attached hydrogens (primary N) is 1. The topological polar surface area (TPSA) is 93.9 Å². The molecule has 8 heteroatoms. The minimum Gasteiger partial charge on any atom is -0.493 e. The first-order valence-corrected chi connectivity index (χ1v) is 10.7. The Labute approximate surface area is 187 Å². The molecular weight excluding hydrogens is 418 g/mol. The van der Waals surface area contributed by atoms with Gasteiger partial charge >= 0.3 is 0 Å². The number of hydrogen-bond acceptors (Lipinski definition) is 5. The molecule has 2 amide bonds. The van der Waals surface area contributed by atoms with E-state index in [0.29, 0.717) is 40.8 Å². The lowest BCUT2D eigenvalue weighted by Crippen LogP contribution is -2.22. The van der Waals surface area contributed by atoms with Crippen LogP contribution >= 0.6 is 11.6 Å². The van der Waals surface area contributed by atoms with Gasteiger partial charge in [0.1, 0.15) is 0 Å². The number of benzene rings is 2. The van der Waals surface area contributed by atoms with Crippen molar-refractivity contribution in [3.8, 4) is 11.5 Å². The Hall–Kier alpha value is -2.93. The molecule has 0 aromatic heterocycles.